The van der Waals surface area contributed by atoms with E-state index in [1.54, 1.807) is 6.07 Å². The first-order valence-electron chi connectivity index (χ1n) is 6.15. The second-order valence-corrected chi connectivity index (χ2v) is 6.30. The maximum Gasteiger partial charge on any atom is 0.244 e. The van der Waals surface area contributed by atoms with Crippen molar-refractivity contribution in [3.8, 4) is 0 Å². The Kier molecular flexibility index (Phi) is 4.35. The smallest absolute Gasteiger partial charge is 0.244 e. The lowest BCUT2D eigenvalue weighted by Crippen LogP contribution is -2.38. The summed E-state index contributed by atoms with van der Waals surface area (Å²) in [6, 6.07) is 2.83. The highest BCUT2D eigenvalue weighted by Gasteiger charge is 2.26. The molecule has 0 bridgehead atoms. The predicted octanol–water partition coefficient (Wildman–Crippen LogP) is -0.0510. The van der Waals surface area contributed by atoms with Crippen LogP contribution in [0.5, 0.6) is 0 Å². The Bertz CT molecular complexity index is 526. The molecule has 1 aromatic rings. The standard InChI is InChI=1S/C11H18N4O3S/c12-14-11-10(2-1-7-13-11)19(17,18)15-8-3-5-9(16)6-4-8/h1-2,7-9,15-16H,3-6,12H2,(H,13,14). The van der Waals surface area contributed by atoms with E-state index in [0.29, 0.717) is 25.7 Å². The fourth-order valence-electron chi connectivity index (χ4n) is 2.19. The summed E-state index contributed by atoms with van der Waals surface area (Å²) in [7, 11) is -3.66. The van der Waals surface area contributed by atoms with Gasteiger partial charge in [0.2, 0.25) is 10.0 Å². The summed E-state index contributed by atoms with van der Waals surface area (Å²) in [6.45, 7) is 0. The van der Waals surface area contributed by atoms with E-state index in [0.717, 1.165) is 0 Å². The third kappa shape index (κ3) is 3.41. The second-order valence-electron chi connectivity index (χ2n) is 4.62. The van der Waals surface area contributed by atoms with E-state index in [9.17, 15) is 13.5 Å². The molecule has 0 amide bonds. The molecule has 0 atom stereocenters. The molecule has 0 aliphatic heterocycles. The molecule has 8 heteroatoms. The molecule has 0 saturated heterocycles. The third-order valence-corrected chi connectivity index (χ3v) is 4.77. The lowest BCUT2D eigenvalue weighted by molar-refractivity contribution is 0.120. The predicted molar refractivity (Wildman–Crippen MR) is 70.6 cm³/mol. The maximum absolute atomic E-state index is 12.3. The third-order valence-electron chi connectivity index (χ3n) is 3.22. The average Bonchev–Trinajstić information content (AvgIpc) is 2.41. The van der Waals surface area contributed by atoms with E-state index in [1.807, 2.05) is 0 Å². The van der Waals surface area contributed by atoms with Gasteiger partial charge in [0.25, 0.3) is 0 Å². The minimum Gasteiger partial charge on any atom is -0.393 e. The van der Waals surface area contributed by atoms with Crippen molar-refractivity contribution in [1.29, 1.82) is 0 Å². The largest absolute Gasteiger partial charge is 0.393 e. The number of aromatic nitrogens is 1. The quantitative estimate of drug-likeness (QED) is 0.455. The van der Waals surface area contributed by atoms with Gasteiger partial charge in [-0.2, -0.15) is 0 Å². The normalized spacial score (nSPS) is 24.1. The van der Waals surface area contributed by atoms with Gasteiger partial charge in [-0.15, -0.1) is 0 Å². The summed E-state index contributed by atoms with van der Waals surface area (Å²) in [4.78, 5) is 3.90. The van der Waals surface area contributed by atoms with Gasteiger partial charge in [-0.3, -0.25) is 0 Å². The van der Waals surface area contributed by atoms with Crippen LogP contribution in [0.25, 0.3) is 0 Å². The molecule has 106 valence electrons. The van der Waals surface area contributed by atoms with Crippen molar-refractivity contribution in [2.45, 2.75) is 42.7 Å². The van der Waals surface area contributed by atoms with Crippen LogP contribution in [-0.4, -0.2) is 30.7 Å². The number of nitrogens with two attached hydrogens (primary N) is 1. The molecule has 1 fully saturated rings. The molecule has 5 N–H and O–H groups in total. The number of anilines is 1. The van der Waals surface area contributed by atoms with Crippen LogP contribution in [0.15, 0.2) is 23.2 Å². The number of rotatable bonds is 4. The summed E-state index contributed by atoms with van der Waals surface area (Å²) >= 11 is 0. The molecule has 0 spiro atoms. The molecule has 1 aromatic heterocycles. The van der Waals surface area contributed by atoms with Gasteiger partial charge in [0.05, 0.1) is 6.10 Å². The van der Waals surface area contributed by atoms with Gasteiger partial charge < -0.3 is 10.5 Å². The number of nitrogens with zero attached hydrogens (tertiary/aromatic N) is 1. The number of pyridine rings is 1. The number of sulfonamides is 1. The van der Waals surface area contributed by atoms with Crippen molar-refractivity contribution >= 4 is 15.8 Å². The molecule has 1 heterocycles. The van der Waals surface area contributed by atoms with E-state index >= 15 is 0 Å². The molecule has 1 aliphatic carbocycles. The van der Waals surface area contributed by atoms with Crippen LogP contribution in [0.4, 0.5) is 5.82 Å². The molecular weight excluding hydrogens is 268 g/mol. The summed E-state index contributed by atoms with van der Waals surface area (Å²) in [6.07, 6.45) is 3.63. The highest BCUT2D eigenvalue weighted by Crippen LogP contribution is 2.22. The van der Waals surface area contributed by atoms with E-state index < -0.39 is 10.0 Å². The van der Waals surface area contributed by atoms with E-state index in [2.05, 4.69) is 15.1 Å². The number of aliphatic hydroxyl groups excluding tert-OH is 1. The topological polar surface area (TPSA) is 117 Å². The highest BCUT2D eigenvalue weighted by atomic mass is 32.2. The highest BCUT2D eigenvalue weighted by molar-refractivity contribution is 7.89. The van der Waals surface area contributed by atoms with Crippen molar-refractivity contribution in [3.63, 3.8) is 0 Å². The van der Waals surface area contributed by atoms with Crippen LogP contribution in [0.2, 0.25) is 0 Å². The monoisotopic (exact) mass is 286 g/mol. The van der Waals surface area contributed by atoms with Crippen molar-refractivity contribution in [2.24, 2.45) is 5.84 Å². The van der Waals surface area contributed by atoms with Gasteiger partial charge in [-0.05, 0) is 37.8 Å². The Hall–Kier alpha value is -1.22. The number of nitrogens with one attached hydrogen (secondary N) is 2. The average molecular weight is 286 g/mol. The molecule has 2 rings (SSSR count). The van der Waals surface area contributed by atoms with Crippen LogP contribution >= 0.6 is 0 Å². The van der Waals surface area contributed by atoms with Crippen LogP contribution in [0.3, 0.4) is 0 Å². The fourth-order valence-corrected chi connectivity index (χ4v) is 3.62. The van der Waals surface area contributed by atoms with E-state index in [1.165, 1.54) is 12.3 Å². The molecule has 0 unspecified atom stereocenters. The minimum atomic E-state index is -3.66. The molecule has 1 saturated carbocycles. The van der Waals surface area contributed by atoms with Crippen molar-refractivity contribution < 1.29 is 13.5 Å². The number of nitrogen functional groups attached to an aromatic ring is 1. The zero-order valence-electron chi connectivity index (χ0n) is 10.4. The number of hydrogen-bond donors (Lipinski definition) is 4. The van der Waals surface area contributed by atoms with Crippen LogP contribution < -0.4 is 16.0 Å². The SMILES string of the molecule is NNc1ncccc1S(=O)(=O)NC1CCC(O)CC1. The lowest BCUT2D eigenvalue weighted by Gasteiger charge is -2.26. The molecule has 1 aliphatic rings. The van der Waals surface area contributed by atoms with Gasteiger partial charge in [0.1, 0.15) is 4.90 Å². The van der Waals surface area contributed by atoms with Crippen LogP contribution in [0, 0.1) is 0 Å². The Labute approximate surface area is 112 Å². The number of hydrazine groups is 1. The minimum absolute atomic E-state index is 0.0311. The Morgan fingerprint density at radius 2 is 2.00 bits per heavy atom. The Balaban J connectivity index is 2.14. The first kappa shape index (κ1) is 14.2. The summed E-state index contributed by atoms with van der Waals surface area (Å²) in [5.74, 6) is 5.38. The van der Waals surface area contributed by atoms with Gasteiger partial charge >= 0.3 is 0 Å². The second kappa shape index (κ2) is 5.83. The van der Waals surface area contributed by atoms with Gasteiger partial charge in [0.15, 0.2) is 5.82 Å². The molecule has 0 aromatic carbocycles. The van der Waals surface area contributed by atoms with Gasteiger partial charge in [-0.25, -0.2) is 24.0 Å². The number of hydrogen-bond acceptors (Lipinski definition) is 6. The van der Waals surface area contributed by atoms with Gasteiger partial charge in [0, 0.05) is 12.2 Å². The van der Waals surface area contributed by atoms with Crippen molar-refractivity contribution in [3.05, 3.63) is 18.3 Å². The molecule has 7 nitrogen and oxygen atoms in total. The zero-order chi connectivity index (χ0) is 13.9. The van der Waals surface area contributed by atoms with Crippen LogP contribution in [-0.2, 0) is 10.0 Å². The number of aliphatic hydroxyl groups is 1. The van der Waals surface area contributed by atoms with Crippen LogP contribution in [0.1, 0.15) is 25.7 Å². The summed E-state index contributed by atoms with van der Waals surface area (Å²) in [5.41, 5.74) is 2.28. The van der Waals surface area contributed by atoms with E-state index in [4.69, 9.17) is 5.84 Å². The van der Waals surface area contributed by atoms with E-state index in [-0.39, 0.29) is 22.9 Å². The maximum atomic E-state index is 12.3. The fraction of sp³-hybridized carbons (Fsp3) is 0.545. The summed E-state index contributed by atoms with van der Waals surface area (Å²) < 4.78 is 27.1. The Morgan fingerprint density at radius 3 is 2.63 bits per heavy atom. The lowest BCUT2D eigenvalue weighted by atomic mass is 9.94. The molecule has 0 radical (unpaired) electrons. The van der Waals surface area contributed by atoms with Crippen molar-refractivity contribution in [1.82, 2.24) is 9.71 Å². The zero-order valence-corrected chi connectivity index (χ0v) is 11.2. The molecule has 19 heavy (non-hydrogen) atoms. The molecular formula is C11H18N4O3S. The van der Waals surface area contributed by atoms with Crippen molar-refractivity contribution in [2.75, 3.05) is 5.43 Å². The van der Waals surface area contributed by atoms with Gasteiger partial charge in [-0.1, -0.05) is 0 Å². The summed E-state index contributed by atoms with van der Waals surface area (Å²) in [5, 5.41) is 9.41. The first-order chi connectivity index (χ1) is 9.03. The first-order valence-corrected chi connectivity index (χ1v) is 7.63. The Morgan fingerprint density at radius 1 is 1.32 bits per heavy atom.